The smallest absolute Gasteiger partial charge is 0.158 e. The standard InChI is InChI=1S/C16H24N2O3S2/c1-12-15(22-11-17-12)6-18-9-16(10-18)14(4-5-23(16,19)20)8-21-7-13-2-3-13/h11,13-14H,2-10H2,1H3/t14-/m1/s1. The molecule has 1 aromatic heterocycles. The van der Waals surface area contributed by atoms with Gasteiger partial charge in [0.05, 0.1) is 23.6 Å². The van der Waals surface area contributed by atoms with Crippen molar-refractivity contribution in [2.24, 2.45) is 11.8 Å². The minimum absolute atomic E-state index is 0.171. The fourth-order valence-electron chi connectivity index (χ4n) is 3.87. The van der Waals surface area contributed by atoms with E-state index in [0.717, 1.165) is 31.2 Å². The van der Waals surface area contributed by atoms with Gasteiger partial charge in [-0.25, -0.2) is 13.4 Å². The number of ether oxygens (including phenoxy) is 1. The van der Waals surface area contributed by atoms with Gasteiger partial charge in [0.15, 0.2) is 9.84 Å². The highest BCUT2D eigenvalue weighted by Gasteiger charge is 2.61. The quantitative estimate of drug-likeness (QED) is 0.779. The van der Waals surface area contributed by atoms with Crippen molar-refractivity contribution in [3.8, 4) is 0 Å². The highest BCUT2D eigenvalue weighted by molar-refractivity contribution is 7.93. The number of aromatic nitrogens is 1. The molecule has 0 radical (unpaired) electrons. The zero-order chi connectivity index (χ0) is 16.1. The van der Waals surface area contributed by atoms with Crippen molar-refractivity contribution < 1.29 is 13.2 Å². The van der Waals surface area contributed by atoms with Gasteiger partial charge < -0.3 is 4.74 Å². The molecule has 3 heterocycles. The topological polar surface area (TPSA) is 59.5 Å². The SMILES string of the molecule is Cc1ncsc1CN1CC2(C1)[C@@H](COCC1CC1)CCS2(=O)=O. The van der Waals surface area contributed by atoms with Crippen molar-refractivity contribution in [3.05, 3.63) is 16.1 Å². The predicted molar refractivity (Wildman–Crippen MR) is 90.3 cm³/mol. The van der Waals surface area contributed by atoms with Gasteiger partial charge in [0.1, 0.15) is 4.75 Å². The average Bonchev–Trinajstić information content (AvgIpc) is 3.14. The molecule has 4 rings (SSSR count). The Bertz CT molecular complexity index is 675. The Hall–Kier alpha value is -0.500. The lowest BCUT2D eigenvalue weighted by molar-refractivity contribution is 0.0230. The van der Waals surface area contributed by atoms with Crippen LogP contribution >= 0.6 is 11.3 Å². The van der Waals surface area contributed by atoms with Gasteiger partial charge in [-0.2, -0.15) is 0 Å². The van der Waals surface area contributed by atoms with Crippen LogP contribution in [0.4, 0.5) is 0 Å². The first-order valence-corrected chi connectivity index (χ1v) is 10.9. The van der Waals surface area contributed by atoms with E-state index >= 15 is 0 Å². The fraction of sp³-hybridized carbons (Fsp3) is 0.812. The minimum atomic E-state index is -2.99. The Morgan fingerprint density at radius 1 is 1.35 bits per heavy atom. The Morgan fingerprint density at radius 2 is 2.13 bits per heavy atom. The van der Waals surface area contributed by atoms with E-state index in [1.807, 2.05) is 12.4 Å². The molecule has 2 aliphatic heterocycles. The zero-order valence-corrected chi connectivity index (χ0v) is 15.2. The van der Waals surface area contributed by atoms with E-state index in [1.165, 1.54) is 17.7 Å². The molecule has 0 aromatic carbocycles. The molecule has 1 aromatic rings. The van der Waals surface area contributed by atoms with E-state index in [2.05, 4.69) is 9.88 Å². The van der Waals surface area contributed by atoms with Gasteiger partial charge in [-0.05, 0) is 32.1 Å². The summed E-state index contributed by atoms with van der Waals surface area (Å²) in [6, 6.07) is 0. The molecule has 0 N–H and O–H groups in total. The van der Waals surface area contributed by atoms with Gasteiger partial charge in [0.2, 0.25) is 0 Å². The molecule has 7 heteroatoms. The third kappa shape index (κ3) is 2.86. The van der Waals surface area contributed by atoms with Crippen molar-refractivity contribution in [2.45, 2.75) is 37.5 Å². The Kier molecular flexibility index (Phi) is 4.03. The number of aryl methyl sites for hydroxylation is 1. The van der Waals surface area contributed by atoms with Crippen molar-refractivity contribution in [1.29, 1.82) is 0 Å². The van der Waals surface area contributed by atoms with Gasteiger partial charge in [0.25, 0.3) is 0 Å². The predicted octanol–water partition coefficient (Wildman–Crippen LogP) is 1.87. The van der Waals surface area contributed by atoms with Gasteiger partial charge >= 0.3 is 0 Å². The third-order valence-electron chi connectivity index (χ3n) is 5.66. The van der Waals surface area contributed by atoms with Crippen LogP contribution in [0.15, 0.2) is 5.51 Å². The zero-order valence-electron chi connectivity index (χ0n) is 13.5. The third-order valence-corrected chi connectivity index (χ3v) is 9.19. The van der Waals surface area contributed by atoms with Crippen LogP contribution in [0, 0.1) is 18.8 Å². The molecule has 5 nitrogen and oxygen atoms in total. The summed E-state index contributed by atoms with van der Waals surface area (Å²) in [5.41, 5.74) is 2.93. The van der Waals surface area contributed by atoms with E-state index < -0.39 is 14.6 Å². The summed E-state index contributed by atoms with van der Waals surface area (Å²) in [6.07, 6.45) is 3.31. The van der Waals surface area contributed by atoms with Crippen molar-refractivity contribution >= 4 is 21.2 Å². The normalized spacial score (nSPS) is 29.0. The molecule has 1 spiro atoms. The Labute approximate surface area is 142 Å². The number of likely N-dealkylation sites (tertiary alicyclic amines) is 1. The van der Waals surface area contributed by atoms with Gasteiger partial charge in [-0.3, -0.25) is 4.90 Å². The molecular weight excluding hydrogens is 332 g/mol. The average molecular weight is 357 g/mol. The van der Waals surface area contributed by atoms with Crippen molar-refractivity contribution in [1.82, 2.24) is 9.88 Å². The molecule has 128 valence electrons. The second kappa shape index (κ2) is 5.79. The van der Waals surface area contributed by atoms with Crippen molar-refractivity contribution in [2.75, 3.05) is 32.1 Å². The first-order chi connectivity index (χ1) is 11.0. The fourth-order valence-corrected chi connectivity index (χ4v) is 7.14. The van der Waals surface area contributed by atoms with Crippen molar-refractivity contribution in [3.63, 3.8) is 0 Å². The molecule has 23 heavy (non-hydrogen) atoms. The largest absolute Gasteiger partial charge is 0.381 e. The number of hydrogen-bond donors (Lipinski definition) is 0. The first kappa shape index (κ1) is 16.0. The van der Waals surface area contributed by atoms with E-state index in [1.54, 1.807) is 11.3 Å². The molecule has 1 saturated carbocycles. The van der Waals surface area contributed by atoms with E-state index in [-0.39, 0.29) is 5.92 Å². The van der Waals surface area contributed by atoms with Gasteiger partial charge in [-0.1, -0.05) is 0 Å². The molecule has 0 bridgehead atoms. The lowest BCUT2D eigenvalue weighted by Gasteiger charge is -2.50. The maximum Gasteiger partial charge on any atom is 0.158 e. The molecule has 0 unspecified atom stereocenters. The Balaban J connectivity index is 1.39. The number of sulfone groups is 1. The molecule has 3 fully saturated rings. The maximum absolute atomic E-state index is 12.6. The van der Waals surface area contributed by atoms with Crippen LogP contribution in [0.25, 0.3) is 0 Å². The van der Waals surface area contributed by atoms with Crippen LogP contribution in [-0.4, -0.2) is 55.1 Å². The summed E-state index contributed by atoms with van der Waals surface area (Å²) < 4.78 is 30.5. The maximum atomic E-state index is 12.6. The number of thiazole rings is 1. The highest BCUT2D eigenvalue weighted by Crippen LogP contribution is 2.45. The minimum Gasteiger partial charge on any atom is -0.381 e. The number of nitrogens with zero attached hydrogens (tertiary/aromatic N) is 2. The second-order valence-electron chi connectivity index (χ2n) is 7.36. The van der Waals surface area contributed by atoms with Crippen LogP contribution < -0.4 is 0 Å². The van der Waals surface area contributed by atoms with E-state index in [0.29, 0.717) is 25.4 Å². The first-order valence-electron chi connectivity index (χ1n) is 8.41. The highest BCUT2D eigenvalue weighted by atomic mass is 32.2. The van der Waals surface area contributed by atoms with Crippen LogP contribution in [0.2, 0.25) is 0 Å². The summed E-state index contributed by atoms with van der Waals surface area (Å²) in [7, 11) is -2.99. The summed E-state index contributed by atoms with van der Waals surface area (Å²) in [4.78, 5) is 7.77. The number of rotatable bonds is 6. The lowest BCUT2D eigenvalue weighted by atomic mass is 9.83. The van der Waals surface area contributed by atoms with Crippen LogP contribution in [0.1, 0.15) is 29.8 Å². The van der Waals surface area contributed by atoms with Crippen LogP contribution in [-0.2, 0) is 21.1 Å². The summed E-state index contributed by atoms with van der Waals surface area (Å²) >= 11 is 1.66. The molecule has 1 aliphatic carbocycles. The molecule has 3 aliphatic rings. The van der Waals surface area contributed by atoms with Gasteiger partial charge in [-0.15, -0.1) is 11.3 Å². The number of hydrogen-bond acceptors (Lipinski definition) is 6. The molecule has 1 atom stereocenters. The monoisotopic (exact) mass is 356 g/mol. The van der Waals surface area contributed by atoms with Crippen LogP contribution in [0.5, 0.6) is 0 Å². The van der Waals surface area contributed by atoms with E-state index in [4.69, 9.17) is 4.74 Å². The summed E-state index contributed by atoms with van der Waals surface area (Å²) in [5.74, 6) is 1.24. The van der Waals surface area contributed by atoms with Gasteiger partial charge in [0, 0.05) is 37.0 Å². The van der Waals surface area contributed by atoms with E-state index in [9.17, 15) is 8.42 Å². The lowest BCUT2D eigenvalue weighted by Crippen LogP contribution is -2.67. The molecular formula is C16H24N2O3S2. The summed E-state index contributed by atoms with van der Waals surface area (Å²) in [6.45, 7) is 5.58. The molecule has 0 amide bonds. The second-order valence-corrected chi connectivity index (χ2v) is 10.7. The molecule has 2 saturated heterocycles. The van der Waals surface area contributed by atoms with Crippen LogP contribution in [0.3, 0.4) is 0 Å². The Morgan fingerprint density at radius 3 is 2.78 bits per heavy atom. The summed E-state index contributed by atoms with van der Waals surface area (Å²) in [5, 5.41) is 0.